The normalized spacial score (nSPS) is 30.5. The molecule has 0 aromatic rings. The van der Waals surface area contributed by atoms with Crippen molar-refractivity contribution in [2.24, 2.45) is 5.41 Å². The van der Waals surface area contributed by atoms with E-state index in [1.807, 2.05) is 0 Å². The quantitative estimate of drug-likeness (QED) is 0.824. The number of rotatable bonds is 4. The first kappa shape index (κ1) is 14.3. The van der Waals surface area contributed by atoms with Crippen LogP contribution in [0.4, 0.5) is 0 Å². The van der Waals surface area contributed by atoms with Gasteiger partial charge in [0.15, 0.2) is 0 Å². The van der Waals surface area contributed by atoms with Gasteiger partial charge in [-0.25, -0.2) is 0 Å². The van der Waals surface area contributed by atoms with Gasteiger partial charge in [0.25, 0.3) is 0 Å². The summed E-state index contributed by atoms with van der Waals surface area (Å²) >= 11 is 0. The van der Waals surface area contributed by atoms with Gasteiger partial charge in [0, 0.05) is 32.2 Å². The first-order valence-electron chi connectivity index (χ1n) is 7.78. The minimum Gasteiger partial charge on any atom is -0.317 e. The zero-order valence-electron chi connectivity index (χ0n) is 12.5. The molecule has 0 aliphatic carbocycles. The number of piperazine rings is 1. The van der Waals surface area contributed by atoms with Crippen LogP contribution in [0.2, 0.25) is 0 Å². The van der Waals surface area contributed by atoms with Gasteiger partial charge in [0.2, 0.25) is 0 Å². The van der Waals surface area contributed by atoms with Gasteiger partial charge in [0.05, 0.1) is 0 Å². The predicted molar refractivity (Wildman–Crippen MR) is 78.0 cm³/mol. The summed E-state index contributed by atoms with van der Waals surface area (Å²) in [5.74, 6) is 0. The average molecular weight is 253 g/mol. The molecular formula is C15H31N3. The van der Waals surface area contributed by atoms with Gasteiger partial charge in [0.1, 0.15) is 0 Å². The lowest BCUT2D eigenvalue weighted by Crippen LogP contribution is -2.55. The summed E-state index contributed by atoms with van der Waals surface area (Å²) in [7, 11) is 2.25. The van der Waals surface area contributed by atoms with Crippen LogP contribution in [0.5, 0.6) is 0 Å². The third-order valence-corrected chi connectivity index (χ3v) is 4.95. The maximum absolute atomic E-state index is 3.53. The Kier molecular flexibility index (Phi) is 5.05. The van der Waals surface area contributed by atoms with Crippen LogP contribution in [0.15, 0.2) is 0 Å². The molecule has 1 N–H and O–H groups in total. The molecule has 0 aromatic heterocycles. The molecule has 2 aliphatic rings. The molecule has 3 heteroatoms. The van der Waals surface area contributed by atoms with Gasteiger partial charge in [-0.15, -0.1) is 0 Å². The molecule has 2 heterocycles. The highest BCUT2D eigenvalue weighted by atomic mass is 15.3. The lowest BCUT2D eigenvalue weighted by molar-refractivity contribution is 0.0352. The van der Waals surface area contributed by atoms with Crippen molar-refractivity contribution in [1.82, 2.24) is 15.1 Å². The van der Waals surface area contributed by atoms with E-state index < -0.39 is 0 Å². The van der Waals surface area contributed by atoms with E-state index in [0.717, 1.165) is 6.04 Å². The number of hydrogen-bond acceptors (Lipinski definition) is 3. The molecule has 106 valence electrons. The molecule has 0 amide bonds. The van der Waals surface area contributed by atoms with Gasteiger partial charge in [-0.1, -0.05) is 13.3 Å². The summed E-state index contributed by atoms with van der Waals surface area (Å²) in [6.45, 7) is 12.3. The Balaban J connectivity index is 1.95. The molecule has 0 aromatic carbocycles. The number of nitrogens with one attached hydrogen (secondary N) is 1. The average Bonchev–Trinajstić information content (AvgIpc) is 2.34. The van der Waals surface area contributed by atoms with Crippen molar-refractivity contribution in [3.8, 4) is 0 Å². The molecule has 2 fully saturated rings. The lowest BCUT2D eigenvalue weighted by Gasteiger charge is -2.46. The van der Waals surface area contributed by atoms with Crippen molar-refractivity contribution in [3.63, 3.8) is 0 Å². The zero-order valence-corrected chi connectivity index (χ0v) is 12.5. The number of piperidine rings is 1. The van der Waals surface area contributed by atoms with Gasteiger partial charge in [-0.3, -0.25) is 4.90 Å². The monoisotopic (exact) mass is 253 g/mol. The van der Waals surface area contributed by atoms with Crippen LogP contribution < -0.4 is 5.32 Å². The highest BCUT2D eigenvalue weighted by Crippen LogP contribution is 2.35. The van der Waals surface area contributed by atoms with Crippen LogP contribution in [-0.4, -0.2) is 62.2 Å². The second-order valence-electron chi connectivity index (χ2n) is 6.58. The Labute approximate surface area is 113 Å². The molecule has 1 unspecified atom stereocenters. The molecule has 2 aliphatic heterocycles. The SMILES string of the molecule is CCCC1(CN2CCN(C)CC2C)CCNCC1. The second kappa shape index (κ2) is 6.36. The molecule has 0 saturated carbocycles. The summed E-state index contributed by atoms with van der Waals surface area (Å²) in [6, 6.07) is 0.729. The molecule has 2 saturated heterocycles. The van der Waals surface area contributed by atoms with Crippen molar-refractivity contribution in [2.45, 2.75) is 45.6 Å². The maximum atomic E-state index is 3.53. The standard InChI is InChI=1S/C15H31N3/c1-4-5-15(6-8-16-9-7-15)13-18-11-10-17(3)12-14(18)2/h14,16H,4-13H2,1-3H3. The minimum absolute atomic E-state index is 0.601. The fraction of sp³-hybridized carbons (Fsp3) is 1.00. The lowest BCUT2D eigenvalue weighted by atomic mass is 9.74. The van der Waals surface area contributed by atoms with Gasteiger partial charge >= 0.3 is 0 Å². The number of likely N-dealkylation sites (N-methyl/N-ethyl adjacent to an activating group) is 1. The molecular weight excluding hydrogens is 222 g/mol. The third-order valence-electron chi connectivity index (χ3n) is 4.95. The number of nitrogens with zero attached hydrogens (tertiary/aromatic N) is 2. The fourth-order valence-electron chi connectivity index (χ4n) is 3.82. The Bertz CT molecular complexity index is 243. The van der Waals surface area contributed by atoms with E-state index in [2.05, 4.69) is 36.0 Å². The Morgan fingerprint density at radius 2 is 1.94 bits per heavy atom. The third kappa shape index (κ3) is 3.46. The highest BCUT2D eigenvalue weighted by Gasteiger charge is 2.35. The van der Waals surface area contributed by atoms with Crippen molar-refractivity contribution >= 4 is 0 Å². The van der Waals surface area contributed by atoms with E-state index in [-0.39, 0.29) is 0 Å². The van der Waals surface area contributed by atoms with Crippen LogP contribution in [0.3, 0.4) is 0 Å². The number of hydrogen-bond donors (Lipinski definition) is 1. The highest BCUT2D eigenvalue weighted by molar-refractivity contribution is 4.90. The van der Waals surface area contributed by atoms with E-state index in [1.54, 1.807) is 0 Å². The van der Waals surface area contributed by atoms with Crippen molar-refractivity contribution < 1.29 is 0 Å². The zero-order chi connectivity index (χ0) is 13.0. The summed E-state index contributed by atoms with van der Waals surface area (Å²) in [5, 5.41) is 3.53. The molecule has 1 atom stereocenters. The first-order chi connectivity index (χ1) is 8.65. The first-order valence-corrected chi connectivity index (χ1v) is 7.78. The topological polar surface area (TPSA) is 18.5 Å². The maximum Gasteiger partial charge on any atom is 0.0195 e. The Morgan fingerprint density at radius 3 is 2.56 bits per heavy atom. The molecule has 0 bridgehead atoms. The fourth-order valence-corrected chi connectivity index (χ4v) is 3.82. The Morgan fingerprint density at radius 1 is 1.22 bits per heavy atom. The van der Waals surface area contributed by atoms with Crippen molar-refractivity contribution in [2.75, 3.05) is 46.3 Å². The van der Waals surface area contributed by atoms with Crippen LogP contribution in [-0.2, 0) is 0 Å². The summed E-state index contributed by atoms with van der Waals surface area (Å²) < 4.78 is 0. The molecule has 0 spiro atoms. The van der Waals surface area contributed by atoms with E-state index in [4.69, 9.17) is 0 Å². The summed E-state index contributed by atoms with van der Waals surface area (Å²) in [6.07, 6.45) is 5.50. The molecule has 0 radical (unpaired) electrons. The summed E-state index contributed by atoms with van der Waals surface area (Å²) in [5.41, 5.74) is 0.601. The van der Waals surface area contributed by atoms with Crippen molar-refractivity contribution in [1.29, 1.82) is 0 Å². The van der Waals surface area contributed by atoms with E-state index in [0.29, 0.717) is 5.41 Å². The molecule has 2 rings (SSSR count). The molecule has 18 heavy (non-hydrogen) atoms. The van der Waals surface area contributed by atoms with Gasteiger partial charge in [-0.2, -0.15) is 0 Å². The van der Waals surface area contributed by atoms with Crippen LogP contribution >= 0.6 is 0 Å². The summed E-state index contributed by atoms with van der Waals surface area (Å²) in [4.78, 5) is 5.22. The predicted octanol–water partition coefficient (Wildman–Crippen LogP) is 1.79. The van der Waals surface area contributed by atoms with Crippen molar-refractivity contribution in [3.05, 3.63) is 0 Å². The van der Waals surface area contributed by atoms with E-state index in [1.165, 1.54) is 65.0 Å². The molecule has 3 nitrogen and oxygen atoms in total. The van der Waals surface area contributed by atoms with Crippen LogP contribution in [0, 0.1) is 5.41 Å². The van der Waals surface area contributed by atoms with Gasteiger partial charge in [-0.05, 0) is 51.7 Å². The van der Waals surface area contributed by atoms with Gasteiger partial charge < -0.3 is 10.2 Å². The van der Waals surface area contributed by atoms with Crippen LogP contribution in [0.1, 0.15) is 39.5 Å². The second-order valence-corrected chi connectivity index (χ2v) is 6.58. The minimum atomic E-state index is 0.601. The largest absolute Gasteiger partial charge is 0.317 e. The van der Waals surface area contributed by atoms with E-state index >= 15 is 0 Å². The smallest absolute Gasteiger partial charge is 0.0195 e. The Hall–Kier alpha value is -0.120. The van der Waals surface area contributed by atoms with E-state index in [9.17, 15) is 0 Å². The van der Waals surface area contributed by atoms with Crippen LogP contribution in [0.25, 0.3) is 0 Å².